The highest BCUT2D eigenvalue weighted by molar-refractivity contribution is 5.89. The van der Waals surface area contributed by atoms with Crippen LogP contribution in [0.5, 0.6) is 0 Å². The molecule has 3 heteroatoms. The van der Waals surface area contributed by atoms with E-state index in [1.807, 2.05) is 0 Å². The molecule has 1 aromatic rings. The lowest BCUT2D eigenvalue weighted by atomic mass is 9.82. The first kappa shape index (κ1) is 12.7. The Morgan fingerprint density at radius 3 is 2.68 bits per heavy atom. The van der Waals surface area contributed by atoms with E-state index in [1.165, 1.54) is 49.7 Å². The average molecular weight is 257 g/mol. The Labute approximate surface area is 115 Å². The number of aliphatic imine (C=N–C) groups is 1. The minimum Gasteiger partial charge on any atom is -0.312 e. The fourth-order valence-corrected chi connectivity index (χ4v) is 3.50. The number of amidine groups is 1. The van der Waals surface area contributed by atoms with Crippen LogP contribution in [0.3, 0.4) is 0 Å². The highest BCUT2D eigenvalue weighted by Gasteiger charge is 2.25. The van der Waals surface area contributed by atoms with Gasteiger partial charge in [-0.1, -0.05) is 37.1 Å². The van der Waals surface area contributed by atoms with Gasteiger partial charge in [0.1, 0.15) is 5.84 Å². The molecule has 0 spiro atoms. The summed E-state index contributed by atoms with van der Waals surface area (Å²) in [5.41, 5.74) is 5.78. The van der Waals surface area contributed by atoms with Crippen molar-refractivity contribution in [3.8, 4) is 0 Å². The number of nitrogens with zero attached hydrogens (tertiary/aromatic N) is 1. The zero-order valence-electron chi connectivity index (χ0n) is 11.4. The molecule has 0 aliphatic heterocycles. The third-order valence-electron chi connectivity index (χ3n) is 4.49. The molecule has 0 heterocycles. The van der Waals surface area contributed by atoms with Gasteiger partial charge in [-0.2, -0.15) is 0 Å². The van der Waals surface area contributed by atoms with Crippen LogP contribution in [0.1, 0.15) is 55.6 Å². The predicted molar refractivity (Wildman–Crippen MR) is 79.1 cm³/mol. The summed E-state index contributed by atoms with van der Waals surface area (Å²) in [6, 6.07) is 9.22. The third-order valence-corrected chi connectivity index (χ3v) is 4.49. The molecule has 0 saturated heterocycles. The molecule has 19 heavy (non-hydrogen) atoms. The molecule has 1 fully saturated rings. The molecule has 102 valence electrons. The van der Waals surface area contributed by atoms with Crippen molar-refractivity contribution in [3.63, 3.8) is 0 Å². The van der Waals surface area contributed by atoms with E-state index in [2.05, 4.69) is 29.7 Å². The van der Waals surface area contributed by atoms with E-state index in [0.717, 1.165) is 12.3 Å². The molecular formula is C16H23N3. The summed E-state index contributed by atoms with van der Waals surface area (Å²) in [5, 5.41) is 0. The summed E-state index contributed by atoms with van der Waals surface area (Å²) in [6.45, 7) is 0. The van der Waals surface area contributed by atoms with Crippen molar-refractivity contribution in [2.24, 2.45) is 10.8 Å². The molecular weight excluding hydrogens is 234 g/mol. The van der Waals surface area contributed by atoms with Gasteiger partial charge in [-0.25, -0.2) is 5.84 Å². The molecule has 3 rings (SSSR count). The van der Waals surface area contributed by atoms with Crippen LogP contribution in [0.4, 0.5) is 0 Å². The SMILES string of the molecule is NNC(=NC1CCCC1)C1CCCc2ccccc21. The minimum atomic E-state index is 0.371. The van der Waals surface area contributed by atoms with Gasteiger partial charge in [0.15, 0.2) is 0 Å². The smallest absolute Gasteiger partial charge is 0.118 e. The van der Waals surface area contributed by atoms with Gasteiger partial charge in [-0.05, 0) is 43.2 Å². The normalized spacial score (nSPS) is 24.3. The first-order chi connectivity index (χ1) is 9.38. The fourth-order valence-electron chi connectivity index (χ4n) is 3.50. The van der Waals surface area contributed by atoms with E-state index >= 15 is 0 Å². The summed E-state index contributed by atoms with van der Waals surface area (Å²) in [5.74, 6) is 7.13. The molecule has 0 aromatic heterocycles. The molecule has 1 aromatic carbocycles. The van der Waals surface area contributed by atoms with Gasteiger partial charge in [0.05, 0.1) is 6.04 Å². The Hall–Kier alpha value is -1.35. The van der Waals surface area contributed by atoms with Gasteiger partial charge in [-0.15, -0.1) is 0 Å². The van der Waals surface area contributed by atoms with Crippen LogP contribution in [-0.2, 0) is 6.42 Å². The van der Waals surface area contributed by atoms with Crippen molar-refractivity contribution in [1.29, 1.82) is 0 Å². The van der Waals surface area contributed by atoms with Crippen molar-refractivity contribution in [3.05, 3.63) is 35.4 Å². The molecule has 1 atom stereocenters. The molecule has 2 aliphatic rings. The second-order valence-electron chi connectivity index (χ2n) is 5.74. The Bertz CT molecular complexity index is 461. The maximum Gasteiger partial charge on any atom is 0.118 e. The van der Waals surface area contributed by atoms with Crippen LogP contribution in [0, 0.1) is 0 Å². The number of nitrogens with two attached hydrogens (primary N) is 1. The monoisotopic (exact) mass is 257 g/mol. The van der Waals surface area contributed by atoms with Gasteiger partial charge in [0, 0.05) is 5.92 Å². The standard InChI is InChI=1S/C16H23N3/c17-19-16(18-13-8-2-3-9-13)15-11-5-7-12-6-1-4-10-14(12)15/h1,4,6,10,13,15H,2-3,5,7-9,11,17H2,(H,18,19). The first-order valence-corrected chi connectivity index (χ1v) is 7.50. The largest absolute Gasteiger partial charge is 0.312 e. The van der Waals surface area contributed by atoms with E-state index in [9.17, 15) is 0 Å². The number of hydrazine groups is 1. The van der Waals surface area contributed by atoms with Gasteiger partial charge in [0.2, 0.25) is 0 Å². The van der Waals surface area contributed by atoms with E-state index in [0.29, 0.717) is 12.0 Å². The summed E-state index contributed by atoms with van der Waals surface area (Å²) < 4.78 is 0. The van der Waals surface area contributed by atoms with E-state index in [1.54, 1.807) is 0 Å². The Morgan fingerprint density at radius 2 is 1.89 bits per heavy atom. The van der Waals surface area contributed by atoms with Crippen molar-refractivity contribution < 1.29 is 0 Å². The van der Waals surface area contributed by atoms with Gasteiger partial charge < -0.3 is 5.43 Å². The number of rotatable bonds is 2. The van der Waals surface area contributed by atoms with Crippen LogP contribution in [0.15, 0.2) is 29.3 Å². The highest BCUT2D eigenvalue weighted by atomic mass is 15.3. The quantitative estimate of drug-likeness (QED) is 0.370. The molecule has 0 amide bonds. The number of hydrogen-bond donors (Lipinski definition) is 2. The van der Waals surface area contributed by atoms with Crippen molar-refractivity contribution in [2.75, 3.05) is 0 Å². The van der Waals surface area contributed by atoms with Crippen molar-refractivity contribution in [2.45, 2.75) is 56.9 Å². The molecule has 3 N–H and O–H groups in total. The number of nitrogens with one attached hydrogen (secondary N) is 1. The maximum absolute atomic E-state index is 5.76. The van der Waals surface area contributed by atoms with Crippen LogP contribution >= 0.6 is 0 Å². The Kier molecular flexibility index (Phi) is 3.83. The number of hydrogen-bond acceptors (Lipinski definition) is 2. The number of fused-ring (bicyclic) bond motifs is 1. The van der Waals surface area contributed by atoms with Crippen LogP contribution < -0.4 is 11.3 Å². The topological polar surface area (TPSA) is 50.4 Å². The number of benzene rings is 1. The Morgan fingerprint density at radius 1 is 1.11 bits per heavy atom. The maximum atomic E-state index is 5.76. The summed E-state index contributed by atoms with van der Waals surface area (Å²) in [6.07, 6.45) is 8.65. The zero-order valence-corrected chi connectivity index (χ0v) is 11.4. The molecule has 1 saturated carbocycles. The molecule has 3 nitrogen and oxygen atoms in total. The van der Waals surface area contributed by atoms with Gasteiger partial charge >= 0.3 is 0 Å². The van der Waals surface area contributed by atoms with Gasteiger partial charge in [0.25, 0.3) is 0 Å². The Balaban J connectivity index is 1.88. The summed E-state index contributed by atoms with van der Waals surface area (Å²) >= 11 is 0. The van der Waals surface area contributed by atoms with Crippen molar-refractivity contribution in [1.82, 2.24) is 5.43 Å². The van der Waals surface area contributed by atoms with E-state index < -0.39 is 0 Å². The van der Waals surface area contributed by atoms with Crippen LogP contribution in [-0.4, -0.2) is 11.9 Å². The third kappa shape index (κ3) is 2.66. The average Bonchev–Trinajstić information content (AvgIpc) is 2.97. The lowest BCUT2D eigenvalue weighted by Crippen LogP contribution is -2.37. The van der Waals surface area contributed by atoms with Crippen LogP contribution in [0.2, 0.25) is 0 Å². The second kappa shape index (κ2) is 5.74. The molecule has 1 unspecified atom stereocenters. The predicted octanol–water partition coefficient (Wildman–Crippen LogP) is 2.91. The molecule has 2 aliphatic carbocycles. The van der Waals surface area contributed by atoms with Gasteiger partial charge in [-0.3, -0.25) is 4.99 Å². The highest BCUT2D eigenvalue weighted by Crippen LogP contribution is 2.33. The zero-order chi connectivity index (χ0) is 13.1. The molecule has 0 bridgehead atoms. The summed E-state index contributed by atoms with van der Waals surface area (Å²) in [4.78, 5) is 4.90. The van der Waals surface area contributed by atoms with E-state index in [-0.39, 0.29) is 0 Å². The van der Waals surface area contributed by atoms with Crippen LogP contribution in [0.25, 0.3) is 0 Å². The fraction of sp³-hybridized carbons (Fsp3) is 0.562. The minimum absolute atomic E-state index is 0.371. The second-order valence-corrected chi connectivity index (χ2v) is 5.74. The van der Waals surface area contributed by atoms with Crippen molar-refractivity contribution >= 4 is 5.84 Å². The number of aryl methyl sites for hydroxylation is 1. The van der Waals surface area contributed by atoms with E-state index in [4.69, 9.17) is 10.8 Å². The molecule has 0 radical (unpaired) electrons. The lowest BCUT2D eigenvalue weighted by Gasteiger charge is -2.27. The summed E-state index contributed by atoms with van der Waals surface area (Å²) in [7, 11) is 0. The first-order valence-electron chi connectivity index (χ1n) is 7.50. The lowest BCUT2D eigenvalue weighted by molar-refractivity contribution is 0.621.